The molecular weight excluding hydrogens is 407 g/mol. The van der Waals surface area contributed by atoms with Gasteiger partial charge in [0.15, 0.2) is 0 Å². The first-order valence-electron chi connectivity index (χ1n) is 11.2. The minimum absolute atomic E-state index is 0.0234. The van der Waals surface area contributed by atoms with E-state index in [9.17, 15) is 19.4 Å². The highest BCUT2D eigenvalue weighted by atomic mass is 19.1. The zero-order valence-electron chi connectivity index (χ0n) is 18.2. The number of carbonyl (C=O) groups excluding carboxylic acids is 1. The Kier molecular flexibility index (Phi) is 6.90. The number of benzene rings is 2. The Labute approximate surface area is 188 Å². The molecule has 32 heavy (non-hydrogen) atoms. The van der Waals surface area contributed by atoms with E-state index < -0.39 is 6.10 Å². The highest BCUT2D eigenvalue weighted by Gasteiger charge is 2.49. The Morgan fingerprint density at radius 2 is 1.81 bits per heavy atom. The third kappa shape index (κ3) is 4.71. The van der Waals surface area contributed by atoms with Crippen molar-refractivity contribution in [3.63, 3.8) is 0 Å². The van der Waals surface area contributed by atoms with Gasteiger partial charge in [-0.05, 0) is 68.3 Å². The van der Waals surface area contributed by atoms with E-state index in [0.717, 1.165) is 30.5 Å². The molecule has 168 valence electrons. The lowest BCUT2D eigenvalue weighted by Gasteiger charge is -2.57. The molecule has 1 amide bonds. The Morgan fingerprint density at radius 1 is 1.12 bits per heavy atom. The third-order valence-corrected chi connectivity index (χ3v) is 6.47. The molecule has 2 aromatic carbocycles. The minimum atomic E-state index is -0.673. The Balaban J connectivity index is 1.55. The van der Waals surface area contributed by atoms with Gasteiger partial charge in [0.05, 0.1) is 6.61 Å². The zero-order chi connectivity index (χ0) is 22.7. The molecule has 2 aliphatic heterocycles. The summed E-state index contributed by atoms with van der Waals surface area (Å²) in [4.78, 5) is 17.3. The molecule has 0 bridgehead atoms. The van der Waals surface area contributed by atoms with Gasteiger partial charge in [-0.15, -0.1) is 0 Å². The number of carbonyl (C=O) groups is 1. The number of aliphatic hydroxyl groups is 2. The molecule has 6 heteroatoms. The molecule has 0 aliphatic carbocycles. The van der Waals surface area contributed by atoms with Gasteiger partial charge in [-0.2, -0.15) is 0 Å². The summed E-state index contributed by atoms with van der Waals surface area (Å²) in [5.41, 5.74) is 2.44. The van der Waals surface area contributed by atoms with Gasteiger partial charge in [0.25, 0.3) is 5.91 Å². The van der Waals surface area contributed by atoms with Crippen molar-refractivity contribution in [2.24, 2.45) is 0 Å². The summed E-state index contributed by atoms with van der Waals surface area (Å²) >= 11 is 0. The van der Waals surface area contributed by atoms with Gasteiger partial charge < -0.3 is 15.1 Å². The highest BCUT2D eigenvalue weighted by Crippen LogP contribution is 2.42. The summed E-state index contributed by atoms with van der Waals surface area (Å²) in [6.45, 7) is 3.84. The monoisotopic (exact) mass is 436 g/mol. The Hall–Kier alpha value is -2.72. The average molecular weight is 437 g/mol. The van der Waals surface area contributed by atoms with E-state index in [1.54, 1.807) is 6.92 Å². The zero-order valence-corrected chi connectivity index (χ0v) is 18.2. The van der Waals surface area contributed by atoms with Crippen molar-refractivity contribution in [1.29, 1.82) is 0 Å². The SMILES string of the molecule is C[C@H](O)C#Cc1ccc([C@@H]2[C@H]3CN(C(=O)c4ccc(F)cc4)CCCCN3[C@H]2CO)cc1. The number of fused-ring (bicyclic) bond motifs is 1. The van der Waals surface area contributed by atoms with Crippen molar-refractivity contribution in [3.8, 4) is 11.8 Å². The molecule has 0 saturated carbocycles. The fourth-order valence-corrected chi connectivity index (χ4v) is 4.88. The van der Waals surface area contributed by atoms with Crippen LogP contribution < -0.4 is 0 Å². The lowest BCUT2D eigenvalue weighted by molar-refractivity contribution is -0.0606. The Bertz CT molecular complexity index is 994. The van der Waals surface area contributed by atoms with Crippen LogP contribution in [0.3, 0.4) is 0 Å². The average Bonchev–Trinajstić information content (AvgIpc) is 2.77. The van der Waals surface area contributed by atoms with Gasteiger partial charge in [-0.1, -0.05) is 24.0 Å². The first-order chi connectivity index (χ1) is 15.5. The molecule has 2 fully saturated rings. The van der Waals surface area contributed by atoms with Gasteiger partial charge in [0.1, 0.15) is 11.9 Å². The molecule has 5 nitrogen and oxygen atoms in total. The van der Waals surface area contributed by atoms with Crippen molar-refractivity contribution < 1.29 is 19.4 Å². The summed E-state index contributed by atoms with van der Waals surface area (Å²) in [5.74, 6) is 5.37. The van der Waals surface area contributed by atoms with Gasteiger partial charge in [0, 0.05) is 42.2 Å². The maximum absolute atomic E-state index is 13.3. The molecule has 4 atom stereocenters. The van der Waals surface area contributed by atoms with Gasteiger partial charge in [-0.3, -0.25) is 9.69 Å². The minimum Gasteiger partial charge on any atom is -0.395 e. The second kappa shape index (κ2) is 9.83. The van der Waals surface area contributed by atoms with Crippen LogP contribution in [0.25, 0.3) is 0 Å². The maximum Gasteiger partial charge on any atom is 0.253 e. The van der Waals surface area contributed by atoms with Crippen LogP contribution in [0, 0.1) is 17.7 Å². The quantitative estimate of drug-likeness (QED) is 0.727. The van der Waals surface area contributed by atoms with Crippen molar-refractivity contribution in [3.05, 3.63) is 71.0 Å². The van der Waals surface area contributed by atoms with E-state index >= 15 is 0 Å². The number of amides is 1. The van der Waals surface area contributed by atoms with Crippen LogP contribution in [-0.2, 0) is 0 Å². The van der Waals surface area contributed by atoms with Crippen LogP contribution in [0.1, 0.15) is 47.2 Å². The smallest absolute Gasteiger partial charge is 0.253 e. The van der Waals surface area contributed by atoms with Crippen molar-refractivity contribution >= 4 is 5.91 Å². The van der Waals surface area contributed by atoms with Crippen LogP contribution in [0.4, 0.5) is 4.39 Å². The van der Waals surface area contributed by atoms with Gasteiger partial charge >= 0.3 is 0 Å². The molecule has 0 unspecified atom stereocenters. The molecule has 2 N–H and O–H groups in total. The molecule has 0 spiro atoms. The summed E-state index contributed by atoms with van der Waals surface area (Å²) in [7, 11) is 0. The number of halogens is 1. The Morgan fingerprint density at radius 3 is 2.47 bits per heavy atom. The molecular formula is C26H29FN2O3. The number of hydrogen-bond acceptors (Lipinski definition) is 4. The topological polar surface area (TPSA) is 64.0 Å². The van der Waals surface area contributed by atoms with Crippen LogP contribution in [0.2, 0.25) is 0 Å². The van der Waals surface area contributed by atoms with Crippen molar-refractivity contribution in [2.75, 3.05) is 26.2 Å². The molecule has 2 aromatic rings. The third-order valence-electron chi connectivity index (χ3n) is 6.47. The van der Waals surface area contributed by atoms with E-state index in [-0.39, 0.29) is 36.3 Å². The van der Waals surface area contributed by atoms with Crippen LogP contribution in [-0.4, -0.2) is 70.3 Å². The fourth-order valence-electron chi connectivity index (χ4n) is 4.88. The summed E-state index contributed by atoms with van der Waals surface area (Å²) in [5, 5.41) is 19.4. The molecule has 0 aromatic heterocycles. The van der Waals surface area contributed by atoms with E-state index in [2.05, 4.69) is 16.7 Å². The predicted molar refractivity (Wildman–Crippen MR) is 121 cm³/mol. The summed E-state index contributed by atoms with van der Waals surface area (Å²) in [6, 6.07) is 13.8. The number of nitrogens with zero attached hydrogens (tertiary/aromatic N) is 2. The van der Waals surface area contributed by atoms with Crippen LogP contribution in [0.5, 0.6) is 0 Å². The predicted octanol–water partition coefficient (Wildman–Crippen LogP) is 2.62. The first-order valence-corrected chi connectivity index (χ1v) is 11.2. The molecule has 2 aliphatic rings. The van der Waals surface area contributed by atoms with Crippen molar-refractivity contribution in [2.45, 2.75) is 43.9 Å². The maximum atomic E-state index is 13.3. The molecule has 2 heterocycles. The molecule has 4 rings (SSSR count). The van der Waals surface area contributed by atoms with Crippen LogP contribution >= 0.6 is 0 Å². The second-order valence-corrected chi connectivity index (χ2v) is 8.61. The first kappa shape index (κ1) is 22.5. The van der Waals surface area contributed by atoms with Gasteiger partial charge in [0.2, 0.25) is 0 Å². The highest BCUT2D eigenvalue weighted by molar-refractivity contribution is 5.94. The van der Waals surface area contributed by atoms with Crippen LogP contribution in [0.15, 0.2) is 48.5 Å². The summed E-state index contributed by atoms with van der Waals surface area (Å²) in [6.07, 6.45) is 1.18. The number of aliphatic hydroxyl groups excluding tert-OH is 2. The van der Waals surface area contributed by atoms with E-state index in [1.807, 2.05) is 29.2 Å². The fraction of sp³-hybridized carbons (Fsp3) is 0.423. The van der Waals surface area contributed by atoms with Gasteiger partial charge in [-0.25, -0.2) is 4.39 Å². The number of rotatable bonds is 3. The number of hydrogen-bond donors (Lipinski definition) is 2. The lowest BCUT2D eigenvalue weighted by atomic mass is 9.74. The van der Waals surface area contributed by atoms with E-state index in [4.69, 9.17) is 0 Å². The largest absolute Gasteiger partial charge is 0.395 e. The molecule has 2 saturated heterocycles. The molecule has 0 radical (unpaired) electrons. The second-order valence-electron chi connectivity index (χ2n) is 8.61. The standard InChI is InChI=1S/C26H29FN2O3/c1-18(31)4-5-19-6-8-20(9-7-19)25-23-16-28(14-2-3-15-29(23)24(25)17-30)26(32)21-10-12-22(27)13-11-21/h6-13,18,23-25,30-31H,2-3,14-17H2,1H3/t18-,23+,24-,25+/m0/s1. The van der Waals surface area contributed by atoms with E-state index in [0.29, 0.717) is 18.7 Å². The normalized spacial score (nSPS) is 24.2. The van der Waals surface area contributed by atoms with E-state index in [1.165, 1.54) is 24.3 Å². The lowest BCUT2D eigenvalue weighted by Crippen LogP contribution is -2.67. The summed E-state index contributed by atoms with van der Waals surface area (Å²) < 4.78 is 13.3. The van der Waals surface area contributed by atoms with Crippen molar-refractivity contribution in [1.82, 2.24) is 9.80 Å².